The molecule has 0 unspecified atom stereocenters. The summed E-state index contributed by atoms with van der Waals surface area (Å²) in [5.41, 5.74) is 8.74. The van der Waals surface area contributed by atoms with Gasteiger partial charge < -0.3 is 4.74 Å². The van der Waals surface area contributed by atoms with E-state index in [4.69, 9.17) is 4.74 Å². The molecular weight excluding hydrogens is 372 g/mol. The maximum absolute atomic E-state index is 5.36. The van der Waals surface area contributed by atoms with Crippen molar-refractivity contribution in [1.29, 1.82) is 0 Å². The summed E-state index contributed by atoms with van der Waals surface area (Å²) >= 11 is 0. The molecule has 148 valence electrons. The maximum atomic E-state index is 5.36. The highest BCUT2D eigenvalue weighted by Gasteiger charge is 2.08. The first kappa shape index (κ1) is 19.3. The van der Waals surface area contributed by atoms with Crippen molar-refractivity contribution in [2.24, 2.45) is 5.10 Å². The van der Waals surface area contributed by atoms with Gasteiger partial charge in [-0.2, -0.15) is 5.10 Å². The van der Waals surface area contributed by atoms with Crippen molar-refractivity contribution in [3.8, 4) is 28.3 Å². The number of nitrogens with one attached hydrogen (secondary N) is 1. The number of para-hydroxylation sites is 1. The molecule has 0 amide bonds. The van der Waals surface area contributed by atoms with Crippen LogP contribution in [-0.2, 0) is 0 Å². The number of ether oxygens (including phenoxy) is 1. The lowest BCUT2D eigenvalue weighted by Crippen LogP contribution is -2.00. The van der Waals surface area contributed by atoms with Gasteiger partial charge in [0.1, 0.15) is 5.75 Å². The number of hydrogen-bond acceptors (Lipinski definition) is 5. The Bertz CT molecular complexity index is 1160. The predicted octanol–water partition coefficient (Wildman–Crippen LogP) is 5.57. The molecule has 0 radical (unpaired) electrons. The Morgan fingerprint density at radius 2 is 1.43 bits per heavy atom. The van der Waals surface area contributed by atoms with Crippen molar-refractivity contribution >= 4 is 12.2 Å². The molecule has 0 spiro atoms. The Balaban J connectivity index is 1.68. The largest absolute Gasteiger partial charge is 0.496 e. The highest BCUT2D eigenvalue weighted by atomic mass is 16.5. The quantitative estimate of drug-likeness (QED) is 0.343. The fourth-order valence-electron chi connectivity index (χ4n) is 3.06. The standard InChI is InChI=1S/C25H22N4O/c1-18-12-14-20(15-13-18)23-16-22(19-8-4-3-5-9-19)27-25(28-23)29-26-17-21-10-6-7-11-24(21)30-2/h3-17H,1-2H3,(H,27,28,29)/b26-17-. The minimum atomic E-state index is 0.429. The van der Waals surface area contributed by atoms with Gasteiger partial charge in [0.2, 0.25) is 5.95 Å². The topological polar surface area (TPSA) is 59.4 Å². The molecule has 1 heterocycles. The average molecular weight is 394 g/mol. The van der Waals surface area contributed by atoms with E-state index in [2.05, 4.69) is 51.7 Å². The Labute approximate surface area is 176 Å². The molecule has 30 heavy (non-hydrogen) atoms. The second kappa shape index (κ2) is 9.01. The Kier molecular flexibility index (Phi) is 5.80. The SMILES string of the molecule is COc1ccccc1/C=N\Nc1nc(-c2ccccc2)cc(-c2ccc(C)cc2)n1. The first-order valence-electron chi connectivity index (χ1n) is 9.66. The van der Waals surface area contributed by atoms with Gasteiger partial charge in [-0.1, -0.05) is 72.3 Å². The van der Waals surface area contributed by atoms with Gasteiger partial charge in [0.05, 0.1) is 24.7 Å². The first-order valence-corrected chi connectivity index (χ1v) is 9.66. The molecule has 0 aliphatic heterocycles. The molecule has 0 saturated heterocycles. The van der Waals surface area contributed by atoms with Gasteiger partial charge in [-0.25, -0.2) is 15.4 Å². The van der Waals surface area contributed by atoms with E-state index in [0.717, 1.165) is 33.8 Å². The van der Waals surface area contributed by atoms with Gasteiger partial charge in [0.15, 0.2) is 0 Å². The number of anilines is 1. The van der Waals surface area contributed by atoms with E-state index in [0.29, 0.717) is 5.95 Å². The van der Waals surface area contributed by atoms with E-state index >= 15 is 0 Å². The molecule has 0 aliphatic rings. The summed E-state index contributed by atoms with van der Waals surface area (Å²) in [4.78, 5) is 9.32. The molecule has 0 bridgehead atoms. The van der Waals surface area contributed by atoms with E-state index < -0.39 is 0 Å². The lowest BCUT2D eigenvalue weighted by atomic mass is 10.1. The number of hydrogen-bond donors (Lipinski definition) is 1. The summed E-state index contributed by atoms with van der Waals surface area (Å²) in [5.74, 6) is 1.18. The predicted molar refractivity (Wildman–Crippen MR) is 122 cm³/mol. The number of aryl methyl sites for hydroxylation is 1. The van der Waals surface area contributed by atoms with Gasteiger partial charge in [-0.15, -0.1) is 0 Å². The number of benzene rings is 3. The van der Waals surface area contributed by atoms with Crippen LogP contribution in [-0.4, -0.2) is 23.3 Å². The molecule has 5 nitrogen and oxygen atoms in total. The molecule has 0 atom stereocenters. The molecule has 5 heteroatoms. The van der Waals surface area contributed by atoms with Crippen LogP contribution in [0.5, 0.6) is 5.75 Å². The molecule has 0 aliphatic carbocycles. The number of hydrazone groups is 1. The third-order valence-corrected chi connectivity index (χ3v) is 4.65. The van der Waals surface area contributed by atoms with Crippen LogP contribution in [0.15, 0.2) is 90.0 Å². The summed E-state index contributed by atoms with van der Waals surface area (Å²) in [7, 11) is 1.64. The number of rotatable bonds is 6. The summed E-state index contributed by atoms with van der Waals surface area (Å²) < 4.78 is 5.36. The van der Waals surface area contributed by atoms with Gasteiger partial charge >= 0.3 is 0 Å². The van der Waals surface area contributed by atoms with Crippen LogP contribution in [0.25, 0.3) is 22.5 Å². The Hall–Kier alpha value is -3.99. The van der Waals surface area contributed by atoms with Crippen LogP contribution < -0.4 is 10.2 Å². The Morgan fingerprint density at radius 3 is 2.13 bits per heavy atom. The van der Waals surface area contributed by atoms with E-state index in [-0.39, 0.29) is 0 Å². The zero-order chi connectivity index (χ0) is 20.8. The fraction of sp³-hybridized carbons (Fsp3) is 0.0800. The van der Waals surface area contributed by atoms with Crippen molar-refractivity contribution < 1.29 is 4.74 Å². The number of nitrogens with zero attached hydrogens (tertiary/aromatic N) is 3. The highest BCUT2D eigenvalue weighted by Crippen LogP contribution is 2.25. The summed E-state index contributed by atoms with van der Waals surface area (Å²) in [6.45, 7) is 2.07. The van der Waals surface area contributed by atoms with Crippen molar-refractivity contribution in [3.63, 3.8) is 0 Å². The monoisotopic (exact) mass is 394 g/mol. The van der Waals surface area contributed by atoms with Crippen molar-refractivity contribution in [3.05, 3.63) is 96.1 Å². The molecule has 4 rings (SSSR count). The molecule has 3 aromatic carbocycles. The lowest BCUT2D eigenvalue weighted by Gasteiger charge is -2.09. The van der Waals surface area contributed by atoms with Gasteiger partial charge in [0, 0.05) is 16.7 Å². The summed E-state index contributed by atoms with van der Waals surface area (Å²) in [6.07, 6.45) is 1.70. The summed E-state index contributed by atoms with van der Waals surface area (Å²) in [6, 6.07) is 28.0. The fourth-order valence-corrected chi connectivity index (χ4v) is 3.06. The van der Waals surface area contributed by atoms with Crippen molar-refractivity contribution in [2.75, 3.05) is 12.5 Å². The zero-order valence-electron chi connectivity index (χ0n) is 16.9. The molecule has 1 N–H and O–H groups in total. The van der Waals surface area contributed by atoms with E-state index in [1.807, 2.05) is 60.7 Å². The van der Waals surface area contributed by atoms with Crippen LogP contribution in [0.2, 0.25) is 0 Å². The van der Waals surface area contributed by atoms with Crippen LogP contribution in [0.3, 0.4) is 0 Å². The summed E-state index contributed by atoms with van der Waals surface area (Å²) in [5, 5.41) is 4.32. The van der Waals surface area contributed by atoms with E-state index in [1.165, 1.54) is 5.56 Å². The van der Waals surface area contributed by atoms with E-state index in [1.54, 1.807) is 13.3 Å². The minimum Gasteiger partial charge on any atom is -0.496 e. The van der Waals surface area contributed by atoms with Crippen molar-refractivity contribution in [2.45, 2.75) is 6.92 Å². The third kappa shape index (κ3) is 4.52. The molecular formula is C25H22N4O. The van der Waals surface area contributed by atoms with Crippen LogP contribution >= 0.6 is 0 Å². The number of methoxy groups -OCH3 is 1. The second-order valence-corrected chi connectivity index (χ2v) is 6.81. The second-order valence-electron chi connectivity index (χ2n) is 6.81. The third-order valence-electron chi connectivity index (χ3n) is 4.65. The highest BCUT2D eigenvalue weighted by molar-refractivity contribution is 5.84. The number of aromatic nitrogens is 2. The normalized spacial score (nSPS) is 10.9. The van der Waals surface area contributed by atoms with Gasteiger partial charge in [0.25, 0.3) is 0 Å². The smallest absolute Gasteiger partial charge is 0.244 e. The van der Waals surface area contributed by atoms with Crippen LogP contribution in [0, 0.1) is 6.92 Å². The lowest BCUT2D eigenvalue weighted by molar-refractivity contribution is 0.414. The molecule has 0 saturated carbocycles. The maximum Gasteiger partial charge on any atom is 0.244 e. The van der Waals surface area contributed by atoms with Crippen molar-refractivity contribution in [1.82, 2.24) is 9.97 Å². The molecule has 4 aromatic rings. The van der Waals surface area contributed by atoms with Gasteiger partial charge in [-0.05, 0) is 25.1 Å². The zero-order valence-corrected chi connectivity index (χ0v) is 16.9. The minimum absolute atomic E-state index is 0.429. The molecule has 0 fully saturated rings. The Morgan fingerprint density at radius 1 is 0.800 bits per heavy atom. The van der Waals surface area contributed by atoms with E-state index in [9.17, 15) is 0 Å². The average Bonchev–Trinajstić information content (AvgIpc) is 2.80. The first-order chi connectivity index (χ1) is 14.7. The molecule has 1 aromatic heterocycles. The van der Waals surface area contributed by atoms with Crippen LogP contribution in [0.1, 0.15) is 11.1 Å². The van der Waals surface area contributed by atoms with Gasteiger partial charge in [-0.3, -0.25) is 0 Å². The van der Waals surface area contributed by atoms with Crippen LogP contribution in [0.4, 0.5) is 5.95 Å².